The third kappa shape index (κ3) is 9.36. The molecule has 2 saturated heterocycles. The molecule has 2 aliphatic rings. The van der Waals surface area contributed by atoms with E-state index in [4.69, 9.17) is 18.9 Å². The number of ketones is 2. The smallest absolute Gasteiger partial charge is 0.326 e. The molecule has 0 aromatic rings. The number of Topliss-reactive ketones (excluding diaryl/α,β-unsaturated/α-hetero) is 2. The molecule has 12 nitrogen and oxygen atoms in total. The van der Waals surface area contributed by atoms with Crippen LogP contribution in [0.3, 0.4) is 0 Å². The molecule has 2 atom stereocenters. The number of esters is 2. The van der Waals surface area contributed by atoms with Crippen molar-refractivity contribution < 1.29 is 47.7 Å². The van der Waals surface area contributed by atoms with Gasteiger partial charge in [-0.15, -0.1) is 0 Å². The van der Waals surface area contributed by atoms with Gasteiger partial charge in [-0.2, -0.15) is 0 Å². The molecular weight excluding hydrogens is 524 g/mol. The molecular formula is C28H44N2O10. The van der Waals surface area contributed by atoms with E-state index in [0.717, 1.165) is 12.8 Å². The van der Waals surface area contributed by atoms with E-state index in [2.05, 4.69) is 10.6 Å². The molecule has 0 aromatic heterocycles. The lowest BCUT2D eigenvalue weighted by atomic mass is 9.84. The van der Waals surface area contributed by atoms with Crippen molar-refractivity contribution in [3.63, 3.8) is 0 Å². The Morgan fingerprint density at radius 2 is 1.00 bits per heavy atom. The molecule has 0 saturated carbocycles. The number of unbranched alkanes of at least 4 members (excludes halogenated alkanes) is 3. The summed E-state index contributed by atoms with van der Waals surface area (Å²) in [5.41, 5.74) is -0.487. The second-order valence-corrected chi connectivity index (χ2v) is 11.0. The lowest BCUT2D eigenvalue weighted by Gasteiger charge is -2.40. The van der Waals surface area contributed by atoms with E-state index < -0.39 is 47.2 Å². The summed E-state index contributed by atoms with van der Waals surface area (Å²) in [6, 6.07) is 0. The summed E-state index contributed by atoms with van der Waals surface area (Å²) in [5.74, 6) is -7.23. The first-order valence-electron chi connectivity index (χ1n) is 14.0. The number of rotatable bonds is 19. The Kier molecular flexibility index (Phi) is 13.2. The predicted octanol–water partition coefficient (Wildman–Crippen LogP) is 1.13. The lowest BCUT2D eigenvalue weighted by Crippen LogP contribution is -2.48. The number of nitrogens with one attached hydrogen (secondary N) is 2. The van der Waals surface area contributed by atoms with Crippen LogP contribution in [0.15, 0.2) is 0 Å². The van der Waals surface area contributed by atoms with Crippen molar-refractivity contribution in [2.75, 3.05) is 52.7 Å². The third-order valence-corrected chi connectivity index (χ3v) is 7.69. The Bertz CT molecular complexity index is 841. The summed E-state index contributed by atoms with van der Waals surface area (Å²) in [4.78, 5) is 73.6. The van der Waals surface area contributed by atoms with Gasteiger partial charge in [-0.3, -0.25) is 28.8 Å². The fraction of sp³-hybridized carbons (Fsp3) is 0.786. The highest BCUT2D eigenvalue weighted by Gasteiger charge is 2.41. The standard InChI is InChI=1S/C28H44N2O10/c1-5-27(13-37-14-27)17-39-25(35)21(19(3)31)23(33)29-11-9-7-8-10-12-30-24(34)22(20(4)32)26(36)40-18-28(6-2)15-38-16-28/h21-22H,5-18H2,1-4H3,(H,29,33)(H,30,34). The Balaban J connectivity index is 1.62. The molecule has 2 unspecified atom stereocenters. The van der Waals surface area contributed by atoms with Crippen LogP contribution in [0.2, 0.25) is 0 Å². The van der Waals surface area contributed by atoms with Gasteiger partial charge in [0.05, 0.1) is 37.3 Å². The molecule has 2 aliphatic heterocycles. The highest BCUT2D eigenvalue weighted by molar-refractivity contribution is 6.16. The second kappa shape index (κ2) is 15.8. The van der Waals surface area contributed by atoms with Crippen LogP contribution >= 0.6 is 0 Å². The summed E-state index contributed by atoms with van der Waals surface area (Å²) in [7, 11) is 0. The summed E-state index contributed by atoms with van der Waals surface area (Å²) < 4.78 is 20.9. The van der Waals surface area contributed by atoms with Crippen LogP contribution in [0.5, 0.6) is 0 Å². The van der Waals surface area contributed by atoms with Crippen molar-refractivity contribution >= 4 is 35.3 Å². The summed E-state index contributed by atoms with van der Waals surface area (Å²) in [6.45, 7) is 9.00. The molecule has 226 valence electrons. The Morgan fingerprint density at radius 1 is 0.650 bits per heavy atom. The van der Waals surface area contributed by atoms with Gasteiger partial charge in [0.1, 0.15) is 13.2 Å². The van der Waals surface area contributed by atoms with Gasteiger partial charge in [-0.1, -0.05) is 26.7 Å². The molecule has 2 rings (SSSR count). The highest BCUT2D eigenvalue weighted by Crippen LogP contribution is 2.32. The van der Waals surface area contributed by atoms with Crippen LogP contribution < -0.4 is 10.6 Å². The maximum absolute atomic E-state index is 12.5. The van der Waals surface area contributed by atoms with Gasteiger partial charge in [0.25, 0.3) is 0 Å². The molecule has 2 fully saturated rings. The van der Waals surface area contributed by atoms with Crippen molar-refractivity contribution in [1.29, 1.82) is 0 Å². The van der Waals surface area contributed by atoms with E-state index in [-0.39, 0.29) is 37.1 Å². The molecule has 0 bridgehead atoms. The fourth-order valence-electron chi connectivity index (χ4n) is 4.32. The highest BCUT2D eigenvalue weighted by atomic mass is 16.6. The summed E-state index contributed by atoms with van der Waals surface area (Å²) in [6.07, 6.45) is 4.15. The minimum atomic E-state index is -1.50. The molecule has 2 N–H and O–H groups in total. The zero-order valence-corrected chi connectivity index (χ0v) is 24.1. The minimum absolute atomic E-state index is 0.110. The van der Waals surface area contributed by atoms with Crippen LogP contribution in [0, 0.1) is 22.7 Å². The molecule has 0 aromatic carbocycles. The van der Waals surface area contributed by atoms with E-state index in [1.54, 1.807) is 0 Å². The van der Waals surface area contributed by atoms with Crippen LogP contribution in [-0.2, 0) is 47.7 Å². The number of hydrogen-bond acceptors (Lipinski definition) is 10. The van der Waals surface area contributed by atoms with Crippen molar-refractivity contribution in [3.05, 3.63) is 0 Å². The molecule has 40 heavy (non-hydrogen) atoms. The second-order valence-electron chi connectivity index (χ2n) is 11.0. The Labute approximate surface area is 235 Å². The van der Waals surface area contributed by atoms with Gasteiger partial charge in [-0.05, 0) is 39.5 Å². The number of carbonyl (C=O) groups is 6. The van der Waals surface area contributed by atoms with E-state index in [9.17, 15) is 28.8 Å². The normalized spacial score (nSPS) is 18.2. The quantitative estimate of drug-likeness (QED) is 0.131. The maximum atomic E-state index is 12.5. The zero-order chi connectivity index (χ0) is 29.8. The Hall–Kier alpha value is -2.86. The minimum Gasteiger partial charge on any atom is -0.464 e. The van der Waals surface area contributed by atoms with Gasteiger partial charge in [0.2, 0.25) is 11.8 Å². The van der Waals surface area contributed by atoms with Crippen molar-refractivity contribution in [2.24, 2.45) is 22.7 Å². The first kappa shape index (κ1) is 33.3. The lowest BCUT2D eigenvalue weighted by molar-refractivity contribution is -0.176. The summed E-state index contributed by atoms with van der Waals surface area (Å²) >= 11 is 0. The van der Waals surface area contributed by atoms with Gasteiger partial charge < -0.3 is 29.6 Å². The molecule has 0 aliphatic carbocycles. The van der Waals surface area contributed by atoms with E-state index >= 15 is 0 Å². The van der Waals surface area contributed by atoms with E-state index in [0.29, 0.717) is 52.1 Å². The van der Waals surface area contributed by atoms with Crippen LogP contribution in [0.25, 0.3) is 0 Å². The first-order valence-corrected chi connectivity index (χ1v) is 14.0. The van der Waals surface area contributed by atoms with Crippen molar-refractivity contribution in [1.82, 2.24) is 10.6 Å². The molecule has 2 heterocycles. The third-order valence-electron chi connectivity index (χ3n) is 7.69. The monoisotopic (exact) mass is 568 g/mol. The number of hydrogen-bond donors (Lipinski definition) is 2. The molecule has 2 amide bonds. The average molecular weight is 569 g/mol. The van der Waals surface area contributed by atoms with Crippen molar-refractivity contribution in [3.8, 4) is 0 Å². The van der Waals surface area contributed by atoms with Crippen LogP contribution in [0.1, 0.15) is 66.2 Å². The predicted molar refractivity (Wildman–Crippen MR) is 142 cm³/mol. The zero-order valence-electron chi connectivity index (χ0n) is 24.1. The van der Waals surface area contributed by atoms with Gasteiger partial charge in [0, 0.05) is 13.1 Å². The largest absolute Gasteiger partial charge is 0.464 e. The number of ether oxygens (including phenoxy) is 4. The van der Waals surface area contributed by atoms with E-state index in [1.165, 1.54) is 13.8 Å². The Morgan fingerprint density at radius 3 is 1.25 bits per heavy atom. The number of carbonyl (C=O) groups excluding carboxylic acids is 6. The summed E-state index contributed by atoms with van der Waals surface area (Å²) in [5, 5.41) is 5.23. The van der Waals surface area contributed by atoms with Gasteiger partial charge in [-0.25, -0.2) is 0 Å². The van der Waals surface area contributed by atoms with Crippen molar-refractivity contribution in [2.45, 2.75) is 66.2 Å². The number of amides is 2. The average Bonchev–Trinajstić information content (AvgIpc) is 2.84. The molecule has 0 radical (unpaired) electrons. The first-order chi connectivity index (χ1) is 19.0. The topological polar surface area (TPSA) is 163 Å². The van der Waals surface area contributed by atoms with Crippen LogP contribution in [-0.4, -0.2) is 88.1 Å². The van der Waals surface area contributed by atoms with E-state index in [1.807, 2.05) is 13.8 Å². The van der Waals surface area contributed by atoms with Gasteiger partial charge >= 0.3 is 11.9 Å². The molecule has 12 heteroatoms. The fourth-order valence-corrected chi connectivity index (χ4v) is 4.32. The van der Waals surface area contributed by atoms with Gasteiger partial charge in [0.15, 0.2) is 23.4 Å². The SMILES string of the molecule is CCC1(COC(=O)C(C(C)=O)C(=O)NCCCCCCNC(=O)C(C(C)=O)C(=O)OCC2(CC)COC2)COC1. The van der Waals surface area contributed by atoms with Crippen LogP contribution in [0.4, 0.5) is 0 Å². The maximum Gasteiger partial charge on any atom is 0.326 e. The molecule has 0 spiro atoms.